The molecule has 106 valence electrons. The van der Waals surface area contributed by atoms with Gasteiger partial charge < -0.3 is 10.2 Å². The van der Waals surface area contributed by atoms with Crippen molar-refractivity contribution in [1.82, 2.24) is 0 Å². The van der Waals surface area contributed by atoms with Crippen LogP contribution < -0.4 is 0 Å². The van der Waals surface area contributed by atoms with Crippen LogP contribution in [0, 0.1) is 22.7 Å². The van der Waals surface area contributed by atoms with Crippen molar-refractivity contribution in [2.45, 2.75) is 46.5 Å². The average molecular weight is 266 g/mol. The zero-order valence-electron chi connectivity index (χ0n) is 11.8. The minimum atomic E-state index is -1.09. The van der Waals surface area contributed by atoms with E-state index in [0.29, 0.717) is 6.42 Å². The Balaban J connectivity index is 2.52. The van der Waals surface area contributed by atoms with Gasteiger partial charge in [-0.25, -0.2) is 4.79 Å². The van der Waals surface area contributed by atoms with Gasteiger partial charge in [0.25, 0.3) is 0 Å². The minimum Gasteiger partial charge on any atom is -0.481 e. The van der Waals surface area contributed by atoms with E-state index in [9.17, 15) is 19.8 Å². The summed E-state index contributed by atoms with van der Waals surface area (Å²) in [5.41, 5.74) is -0.305. The van der Waals surface area contributed by atoms with Crippen LogP contribution in [0.5, 0.6) is 0 Å². The lowest BCUT2D eigenvalue weighted by atomic mass is 9.48. The first kappa shape index (κ1) is 14.1. The molecule has 0 aromatic rings. The highest BCUT2D eigenvalue weighted by molar-refractivity contribution is 5.94. The molecule has 0 aliphatic heterocycles. The molecule has 1 unspecified atom stereocenters. The molecule has 0 bridgehead atoms. The van der Waals surface area contributed by atoms with Crippen molar-refractivity contribution in [2.24, 2.45) is 22.7 Å². The summed E-state index contributed by atoms with van der Waals surface area (Å²) in [7, 11) is 0. The van der Waals surface area contributed by atoms with E-state index in [1.54, 1.807) is 6.08 Å². The molecular formula is C15H22O4. The van der Waals surface area contributed by atoms with E-state index in [2.05, 4.69) is 13.8 Å². The van der Waals surface area contributed by atoms with E-state index in [1.165, 1.54) is 0 Å². The van der Waals surface area contributed by atoms with Gasteiger partial charge in [0.1, 0.15) is 0 Å². The Morgan fingerprint density at radius 1 is 1.21 bits per heavy atom. The first-order chi connectivity index (χ1) is 8.70. The number of rotatable bonds is 2. The van der Waals surface area contributed by atoms with Crippen molar-refractivity contribution in [3.05, 3.63) is 11.6 Å². The lowest BCUT2D eigenvalue weighted by Gasteiger charge is -2.55. The zero-order valence-corrected chi connectivity index (χ0v) is 11.8. The number of fused-ring (bicyclic) bond motifs is 1. The molecule has 3 atom stereocenters. The molecule has 19 heavy (non-hydrogen) atoms. The van der Waals surface area contributed by atoms with Crippen LogP contribution in [0.1, 0.15) is 46.5 Å². The number of carbonyl (C=O) groups is 2. The minimum absolute atomic E-state index is 0.0707. The molecule has 0 saturated heterocycles. The van der Waals surface area contributed by atoms with E-state index >= 15 is 0 Å². The van der Waals surface area contributed by atoms with Crippen LogP contribution in [-0.4, -0.2) is 22.2 Å². The number of allylic oxidation sites excluding steroid dienone is 1. The molecule has 0 aromatic heterocycles. The summed E-state index contributed by atoms with van der Waals surface area (Å²) in [5, 5.41) is 18.8. The molecule has 0 heterocycles. The standard InChI is InChI=1S/C15H22O4/c1-14(2)7-4-8-15(3)10(14)6-5-9(12(16)17)11(15)13(18)19/h5,10-11H,4,6-8H2,1-3H3,(H,16,17)(H,18,19)/t10?,11-,15+/m1/s1. The molecule has 0 spiro atoms. The summed E-state index contributed by atoms with van der Waals surface area (Å²) in [4.78, 5) is 23.0. The normalized spacial score (nSPS) is 37.1. The van der Waals surface area contributed by atoms with Crippen LogP contribution in [0.4, 0.5) is 0 Å². The topological polar surface area (TPSA) is 74.6 Å². The van der Waals surface area contributed by atoms with Crippen LogP contribution in [-0.2, 0) is 9.59 Å². The van der Waals surface area contributed by atoms with Gasteiger partial charge in [0.2, 0.25) is 0 Å². The van der Waals surface area contributed by atoms with E-state index < -0.39 is 23.3 Å². The summed E-state index contributed by atoms with van der Waals surface area (Å²) in [6.45, 7) is 6.31. The third kappa shape index (κ3) is 2.07. The lowest BCUT2D eigenvalue weighted by Crippen LogP contribution is -2.51. The van der Waals surface area contributed by atoms with Crippen molar-refractivity contribution < 1.29 is 19.8 Å². The second kappa shape index (κ2) is 4.36. The second-order valence-corrected chi connectivity index (χ2v) is 6.87. The van der Waals surface area contributed by atoms with Crippen LogP contribution >= 0.6 is 0 Å². The maximum Gasteiger partial charge on any atom is 0.332 e. The van der Waals surface area contributed by atoms with Gasteiger partial charge in [-0.15, -0.1) is 0 Å². The molecular weight excluding hydrogens is 244 g/mol. The van der Waals surface area contributed by atoms with Crippen molar-refractivity contribution in [1.29, 1.82) is 0 Å². The Labute approximate surface area is 113 Å². The number of hydrogen-bond donors (Lipinski definition) is 2. The Morgan fingerprint density at radius 2 is 1.84 bits per heavy atom. The van der Waals surface area contributed by atoms with Crippen molar-refractivity contribution in [3.8, 4) is 0 Å². The maximum absolute atomic E-state index is 11.6. The quantitative estimate of drug-likeness (QED) is 0.805. The molecule has 0 aromatic carbocycles. The summed E-state index contributed by atoms with van der Waals surface area (Å²) >= 11 is 0. The predicted molar refractivity (Wildman–Crippen MR) is 70.7 cm³/mol. The van der Waals surface area contributed by atoms with Crippen LogP contribution in [0.2, 0.25) is 0 Å². The van der Waals surface area contributed by atoms with E-state index in [4.69, 9.17) is 0 Å². The number of aliphatic carboxylic acids is 2. The summed E-state index contributed by atoms with van der Waals surface area (Å²) in [6.07, 6.45) is 5.16. The Morgan fingerprint density at radius 3 is 2.37 bits per heavy atom. The van der Waals surface area contributed by atoms with Gasteiger partial charge in [-0.3, -0.25) is 4.79 Å². The van der Waals surface area contributed by atoms with Crippen molar-refractivity contribution in [2.75, 3.05) is 0 Å². The third-order valence-electron chi connectivity index (χ3n) is 5.31. The maximum atomic E-state index is 11.6. The Bertz CT molecular complexity index is 449. The smallest absolute Gasteiger partial charge is 0.332 e. The highest BCUT2D eigenvalue weighted by atomic mass is 16.4. The number of carboxylic acid groups (broad SMARTS) is 2. The molecule has 0 amide bonds. The average Bonchev–Trinajstić information content (AvgIpc) is 2.25. The van der Waals surface area contributed by atoms with Gasteiger partial charge in [0.05, 0.1) is 5.92 Å². The number of carboxylic acids is 2. The SMILES string of the molecule is CC1(C)CCC[C@@]2(C)C1CC=C(C(=O)O)[C@@H]2C(=O)O. The molecule has 2 rings (SSSR count). The van der Waals surface area contributed by atoms with Crippen LogP contribution in [0.15, 0.2) is 11.6 Å². The van der Waals surface area contributed by atoms with Gasteiger partial charge >= 0.3 is 11.9 Å². The zero-order chi connectivity index (χ0) is 14.4. The van der Waals surface area contributed by atoms with E-state index in [1.807, 2.05) is 6.92 Å². The van der Waals surface area contributed by atoms with Gasteiger partial charge in [-0.05, 0) is 36.0 Å². The Kier molecular flexibility index (Phi) is 3.23. The molecule has 2 aliphatic rings. The monoisotopic (exact) mass is 266 g/mol. The summed E-state index contributed by atoms with van der Waals surface area (Å²) < 4.78 is 0. The molecule has 2 N–H and O–H groups in total. The first-order valence-electron chi connectivity index (χ1n) is 6.86. The van der Waals surface area contributed by atoms with Crippen LogP contribution in [0.25, 0.3) is 0 Å². The molecule has 1 fully saturated rings. The predicted octanol–water partition coefficient (Wildman–Crippen LogP) is 2.93. The Hall–Kier alpha value is -1.32. The molecule has 0 radical (unpaired) electrons. The largest absolute Gasteiger partial charge is 0.481 e. The van der Waals surface area contributed by atoms with Crippen molar-refractivity contribution >= 4 is 11.9 Å². The van der Waals surface area contributed by atoms with E-state index in [-0.39, 0.29) is 16.9 Å². The molecule has 4 nitrogen and oxygen atoms in total. The second-order valence-electron chi connectivity index (χ2n) is 6.87. The third-order valence-corrected chi connectivity index (χ3v) is 5.31. The fraction of sp³-hybridized carbons (Fsp3) is 0.733. The summed E-state index contributed by atoms with van der Waals surface area (Å²) in [5.74, 6) is -2.74. The van der Waals surface area contributed by atoms with Gasteiger partial charge in [0.15, 0.2) is 0 Å². The van der Waals surface area contributed by atoms with Gasteiger partial charge in [-0.2, -0.15) is 0 Å². The lowest BCUT2D eigenvalue weighted by molar-refractivity contribution is -0.154. The molecule has 4 heteroatoms. The van der Waals surface area contributed by atoms with E-state index in [0.717, 1.165) is 19.3 Å². The summed E-state index contributed by atoms with van der Waals surface area (Å²) in [6, 6.07) is 0. The van der Waals surface area contributed by atoms with Gasteiger partial charge in [0, 0.05) is 5.57 Å². The van der Waals surface area contributed by atoms with Gasteiger partial charge in [-0.1, -0.05) is 33.3 Å². The molecule has 2 aliphatic carbocycles. The highest BCUT2D eigenvalue weighted by Gasteiger charge is 2.56. The fourth-order valence-corrected chi connectivity index (χ4v) is 4.44. The molecule has 1 saturated carbocycles. The number of hydrogen-bond acceptors (Lipinski definition) is 2. The van der Waals surface area contributed by atoms with Crippen LogP contribution in [0.3, 0.4) is 0 Å². The first-order valence-corrected chi connectivity index (χ1v) is 6.86. The van der Waals surface area contributed by atoms with Crippen molar-refractivity contribution in [3.63, 3.8) is 0 Å². The fourth-order valence-electron chi connectivity index (χ4n) is 4.44. The highest BCUT2D eigenvalue weighted by Crippen LogP contribution is 2.59.